The third-order valence-electron chi connectivity index (χ3n) is 6.38. The number of rotatable bonds is 4. The number of pyridine rings is 1. The van der Waals surface area contributed by atoms with Crippen LogP contribution in [-0.4, -0.2) is 67.4 Å². The maximum absolute atomic E-state index is 13.4. The number of carbonyl (C=O) groups excluding carboxylic acids is 1. The summed E-state index contributed by atoms with van der Waals surface area (Å²) in [5, 5.41) is 0. The lowest BCUT2D eigenvalue weighted by atomic mass is 9.96. The molecule has 2 fully saturated rings. The Balaban J connectivity index is 1.66. The Kier molecular flexibility index (Phi) is 6.93. The Morgan fingerprint density at radius 1 is 1.00 bits per heavy atom. The van der Waals surface area contributed by atoms with Crippen LogP contribution in [-0.2, 0) is 10.0 Å². The summed E-state index contributed by atoms with van der Waals surface area (Å²) < 4.78 is 29.3. The first kappa shape index (κ1) is 22.9. The predicted molar refractivity (Wildman–Crippen MR) is 124 cm³/mol. The van der Waals surface area contributed by atoms with Crippen molar-refractivity contribution in [1.29, 1.82) is 0 Å². The highest BCUT2D eigenvalue weighted by Crippen LogP contribution is 2.21. The van der Waals surface area contributed by atoms with Gasteiger partial charge in [0.05, 0.1) is 10.9 Å². The van der Waals surface area contributed by atoms with Crippen molar-refractivity contribution in [3.05, 3.63) is 59.2 Å². The minimum absolute atomic E-state index is 0.159. The zero-order valence-electron chi connectivity index (χ0n) is 18.9. The first-order valence-corrected chi connectivity index (χ1v) is 12.9. The van der Waals surface area contributed by atoms with Crippen LogP contribution in [0.25, 0.3) is 0 Å². The lowest BCUT2D eigenvalue weighted by Crippen LogP contribution is -2.47. The first-order chi connectivity index (χ1) is 15.3. The molecule has 0 spiro atoms. The molecule has 0 radical (unpaired) electrons. The Morgan fingerprint density at radius 3 is 2.44 bits per heavy atom. The molecule has 1 saturated carbocycles. The van der Waals surface area contributed by atoms with Crippen molar-refractivity contribution < 1.29 is 13.2 Å². The van der Waals surface area contributed by atoms with Gasteiger partial charge in [0, 0.05) is 37.9 Å². The number of benzene rings is 1. The standard InChI is InChI=1S/C24H32N4O3S/c1-19-11-12-28(23(17-19)25-21-8-4-3-5-9-21)24(29)20-7-6-10-22(18-20)32(30,31)27-15-13-26(2)14-16-27/h6-7,10-12,17-18,21H,3-5,8-9,13-16H2,1-2H3. The van der Waals surface area contributed by atoms with Gasteiger partial charge in [0.2, 0.25) is 10.0 Å². The molecular formula is C24H32N4O3S. The normalized spacial score (nSPS) is 19.9. The lowest BCUT2D eigenvalue weighted by molar-refractivity contribution is 0.0954. The van der Waals surface area contributed by atoms with Crippen LogP contribution in [0, 0.1) is 6.92 Å². The molecular weight excluding hydrogens is 424 g/mol. The molecule has 0 N–H and O–H groups in total. The van der Waals surface area contributed by atoms with Gasteiger partial charge >= 0.3 is 0 Å². The molecule has 32 heavy (non-hydrogen) atoms. The molecule has 1 aliphatic heterocycles. The Morgan fingerprint density at radius 2 is 1.72 bits per heavy atom. The number of aromatic nitrogens is 1. The second kappa shape index (κ2) is 9.68. The number of aryl methyl sites for hydroxylation is 1. The molecule has 7 nitrogen and oxygen atoms in total. The van der Waals surface area contributed by atoms with E-state index in [2.05, 4.69) is 4.90 Å². The van der Waals surface area contributed by atoms with Crippen LogP contribution >= 0.6 is 0 Å². The van der Waals surface area contributed by atoms with E-state index in [1.54, 1.807) is 29.0 Å². The summed E-state index contributed by atoms with van der Waals surface area (Å²) in [7, 11) is -1.66. The zero-order chi connectivity index (χ0) is 22.7. The largest absolute Gasteiger partial charge is 0.304 e. The highest BCUT2D eigenvalue weighted by Gasteiger charge is 2.28. The number of hydrogen-bond donors (Lipinski definition) is 0. The highest BCUT2D eigenvalue weighted by atomic mass is 32.2. The van der Waals surface area contributed by atoms with Crippen LogP contribution in [0.2, 0.25) is 0 Å². The third kappa shape index (κ3) is 5.03. The number of sulfonamides is 1. The summed E-state index contributed by atoms with van der Waals surface area (Å²) in [5.74, 6) is -0.269. The van der Waals surface area contributed by atoms with Gasteiger partial charge in [-0.3, -0.25) is 14.4 Å². The minimum Gasteiger partial charge on any atom is -0.304 e. The van der Waals surface area contributed by atoms with Crippen molar-refractivity contribution in [2.45, 2.75) is 50.0 Å². The van der Waals surface area contributed by atoms with Gasteiger partial charge in [-0.15, -0.1) is 0 Å². The van der Waals surface area contributed by atoms with E-state index in [1.165, 1.54) is 29.6 Å². The second-order valence-corrected chi connectivity index (χ2v) is 10.8. The van der Waals surface area contributed by atoms with E-state index < -0.39 is 10.0 Å². The fourth-order valence-corrected chi connectivity index (χ4v) is 5.83. The Bertz CT molecular complexity index is 1140. The van der Waals surface area contributed by atoms with Crippen molar-refractivity contribution in [2.75, 3.05) is 33.2 Å². The van der Waals surface area contributed by atoms with Crippen LogP contribution in [0.4, 0.5) is 0 Å². The molecule has 172 valence electrons. The summed E-state index contributed by atoms with van der Waals surface area (Å²) in [6.45, 7) is 4.28. The number of nitrogens with zero attached hydrogens (tertiary/aromatic N) is 4. The molecule has 1 saturated heterocycles. The minimum atomic E-state index is -3.64. The summed E-state index contributed by atoms with van der Waals surface area (Å²) >= 11 is 0. The maximum Gasteiger partial charge on any atom is 0.263 e. The Labute approximate surface area is 190 Å². The average molecular weight is 457 g/mol. The molecule has 0 amide bonds. The van der Waals surface area contributed by atoms with E-state index >= 15 is 0 Å². The zero-order valence-corrected chi connectivity index (χ0v) is 19.7. The van der Waals surface area contributed by atoms with Crippen molar-refractivity contribution in [1.82, 2.24) is 13.8 Å². The van der Waals surface area contributed by atoms with E-state index in [1.807, 2.05) is 26.1 Å². The number of hydrogen-bond acceptors (Lipinski definition) is 5. The SMILES string of the molecule is Cc1ccn(C(=O)c2cccc(S(=O)(=O)N3CCN(C)CC3)c2)c(=NC2CCCCC2)c1. The van der Waals surface area contributed by atoms with Gasteiger partial charge in [-0.1, -0.05) is 25.3 Å². The molecule has 0 atom stereocenters. The highest BCUT2D eigenvalue weighted by molar-refractivity contribution is 7.89. The van der Waals surface area contributed by atoms with Gasteiger partial charge in [0.15, 0.2) is 0 Å². The van der Waals surface area contributed by atoms with Gasteiger partial charge in [0.1, 0.15) is 5.49 Å². The van der Waals surface area contributed by atoms with Crippen LogP contribution in [0.15, 0.2) is 52.5 Å². The van der Waals surface area contributed by atoms with E-state index in [9.17, 15) is 13.2 Å². The van der Waals surface area contributed by atoms with Crippen LogP contribution in [0.5, 0.6) is 0 Å². The quantitative estimate of drug-likeness (QED) is 0.709. The maximum atomic E-state index is 13.4. The van der Waals surface area contributed by atoms with E-state index in [0.717, 1.165) is 18.4 Å². The van der Waals surface area contributed by atoms with Crippen LogP contribution in [0.1, 0.15) is 48.0 Å². The smallest absolute Gasteiger partial charge is 0.263 e. The van der Waals surface area contributed by atoms with Crippen molar-refractivity contribution >= 4 is 15.9 Å². The molecule has 1 aromatic heterocycles. The topological polar surface area (TPSA) is 75.0 Å². The van der Waals surface area contributed by atoms with Gasteiger partial charge in [-0.25, -0.2) is 8.42 Å². The van der Waals surface area contributed by atoms with E-state index in [0.29, 0.717) is 37.2 Å². The second-order valence-electron chi connectivity index (χ2n) is 8.89. The molecule has 1 aliphatic carbocycles. The number of likely N-dealkylation sites (N-methyl/N-ethyl adjacent to an activating group) is 1. The molecule has 1 aromatic carbocycles. The van der Waals surface area contributed by atoms with Crippen molar-refractivity contribution in [3.8, 4) is 0 Å². The molecule has 2 aromatic rings. The fraction of sp³-hybridized carbons (Fsp3) is 0.500. The molecule has 2 aliphatic rings. The van der Waals surface area contributed by atoms with E-state index in [4.69, 9.17) is 4.99 Å². The van der Waals surface area contributed by atoms with Crippen LogP contribution in [0.3, 0.4) is 0 Å². The van der Waals surface area contributed by atoms with Gasteiger partial charge in [-0.05, 0) is 62.7 Å². The van der Waals surface area contributed by atoms with Gasteiger partial charge < -0.3 is 4.90 Å². The third-order valence-corrected chi connectivity index (χ3v) is 8.27. The van der Waals surface area contributed by atoms with Crippen molar-refractivity contribution in [2.24, 2.45) is 4.99 Å². The number of carbonyl (C=O) groups is 1. The Hall–Kier alpha value is -2.29. The summed E-state index contributed by atoms with van der Waals surface area (Å²) in [6, 6.07) is 10.4. The molecule has 2 heterocycles. The fourth-order valence-electron chi connectivity index (χ4n) is 4.36. The van der Waals surface area contributed by atoms with Crippen molar-refractivity contribution in [3.63, 3.8) is 0 Å². The monoisotopic (exact) mass is 456 g/mol. The first-order valence-electron chi connectivity index (χ1n) is 11.4. The molecule has 0 bridgehead atoms. The summed E-state index contributed by atoms with van der Waals surface area (Å²) in [5.41, 5.74) is 2.01. The molecule has 8 heteroatoms. The summed E-state index contributed by atoms with van der Waals surface area (Å²) in [6.07, 6.45) is 7.40. The molecule has 0 unspecified atom stereocenters. The van der Waals surface area contributed by atoms with Gasteiger partial charge in [-0.2, -0.15) is 4.31 Å². The summed E-state index contributed by atoms with van der Waals surface area (Å²) in [4.78, 5) is 20.6. The average Bonchev–Trinajstić information content (AvgIpc) is 2.80. The van der Waals surface area contributed by atoms with E-state index in [-0.39, 0.29) is 16.8 Å². The van der Waals surface area contributed by atoms with Gasteiger partial charge in [0.25, 0.3) is 5.91 Å². The van der Waals surface area contributed by atoms with Crippen LogP contribution < -0.4 is 5.49 Å². The predicted octanol–water partition coefficient (Wildman–Crippen LogP) is 2.65. The molecule has 4 rings (SSSR count). The lowest BCUT2D eigenvalue weighted by Gasteiger charge is -2.31. The number of piperazine rings is 1.